The van der Waals surface area contributed by atoms with Crippen LogP contribution in [0.2, 0.25) is 0 Å². The highest BCUT2D eigenvalue weighted by Crippen LogP contribution is 2.38. The molecule has 0 aromatic heterocycles. The lowest BCUT2D eigenvalue weighted by atomic mass is 9.94. The van der Waals surface area contributed by atoms with Gasteiger partial charge in [-0.2, -0.15) is 4.31 Å². The maximum absolute atomic E-state index is 14.1. The van der Waals surface area contributed by atoms with Crippen molar-refractivity contribution in [3.63, 3.8) is 0 Å². The van der Waals surface area contributed by atoms with Crippen molar-refractivity contribution in [3.05, 3.63) is 94.5 Å². The second-order valence-electron chi connectivity index (χ2n) is 9.79. The van der Waals surface area contributed by atoms with E-state index in [2.05, 4.69) is 0 Å². The quantitative estimate of drug-likeness (QED) is 0.471. The second kappa shape index (κ2) is 9.18. The minimum atomic E-state index is -3.98. The average Bonchev–Trinajstić information content (AvgIpc) is 3.47. The number of hydrogen-bond acceptors (Lipinski definition) is 5. The van der Waals surface area contributed by atoms with E-state index in [0.29, 0.717) is 36.9 Å². The van der Waals surface area contributed by atoms with Gasteiger partial charge in [0.25, 0.3) is 11.8 Å². The number of anilines is 1. The number of nitrogens with zero attached hydrogens (tertiary/aromatic N) is 3. The van der Waals surface area contributed by atoms with Gasteiger partial charge in [0.2, 0.25) is 15.9 Å². The van der Waals surface area contributed by atoms with Crippen molar-refractivity contribution in [2.45, 2.75) is 37.1 Å². The average molecular weight is 530 g/mol. The van der Waals surface area contributed by atoms with Crippen molar-refractivity contribution >= 4 is 33.4 Å². The summed E-state index contributed by atoms with van der Waals surface area (Å²) in [7, 11) is -3.98. The molecule has 0 bridgehead atoms. The number of carbonyl (C=O) groups is 3. The molecule has 0 spiro atoms. The van der Waals surface area contributed by atoms with Crippen molar-refractivity contribution in [2.24, 2.45) is 0 Å². The maximum Gasteiger partial charge on any atom is 0.261 e. The van der Waals surface area contributed by atoms with Gasteiger partial charge in [-0.15, -0.1) is 0 Å². The fourth-order valence-corrected chi connectivity index (χ4v) is 7.46. The van der Waals surface area contributed by atoms with E-state index in [9.17, 15) is 22.8 Å². The summed E-state index contributed by atoms with van der Waals surface area (Å²) < 4.78 is 29.6. The zero-order valence-corrected chi connectivity index (χ0v) is 21.8. The van der Waals surface area contributed by atoms with Crippen LogP contribution in [0.3, 0.4) is 0 Å². The van der Waals surface area contributed by atoms with Gasteiger partial charge in [-0.3, -0.25) is 19.3 Å². The monoisotopic (exact) mass is 529 g/mol. The summed E-state index contributed by atoms with van der Waals surface area (Å²) in [4.78, 5) is 41.6. The summed E-state index contributed by atoms with van der Waals surface area (Å²) in [5.41, 5.74) is 4.04. The Balaban J connectivity index is 1.37. The van der Waals surface area contributed by atoms with Crippen molar-refractivity contribution in [1.29, 1.82) is 0 Å². The molecule has 1 unspecified atom stereocenters. The van der Waals surface area contributed by atoms with Crippen LogP contribution in [0.25, 0.3) is 0 Å². The third-order valence-electron chi connectivity index (χ3n) is 7.75. The molecule has 194 valence electrons. The Kier molecular flexibility index (Phi) is 5.92. The molecule has 3 aliphatic heterocycles. The zero-order chi connectivity index (χ0) is 26.6. The Labute approximate surface area is 221 Å². The van der Waals surface area contributed by atoms with Crippen LogP contribution in [0.5, 0.6) is 0 Å². The molecule has 0 N–H and O–H groups in total. The van der Waals surface area contributed by atoms with Crippen molar-refractivity contribution < 1.29 is 22.8 Å². The van der Waals surface area contributed by atoms with Gasteiger partial charge in [-0.1, -0.05) is 43.3 Å². The van der Waals surface area contributed by atoms with Crippen LogP contribution in [-0.2, 0) is 27.7 Å². The van der Waals surface area contributed by atoms with E-state index in [-0.39, 0.29) is 23.9 Å². The highest BCUT2D eigenvalue weighted by Gasteiger charge is 2.42. The smallest absolute Gasteiger partial charge is 0.261 e. The fourth-order valence-electron chi connectivity index (χ4n) is 5.81. The summed E-state index contributed by atoms with van der Waals surface area (Å²) in [5, 5.41) is 0. The highest BCUT2D eigenvalue weighted by molar-refractivity contribution is 7.89. The lowest BCUT2D eigenvalue weighted by molar-refractivity contribution is -0.118. The first-order valence-corrected chi connectivity index (χ1v) is 14.2. The molecule has 38 heavy (non-hydrogen) atoms. The molecule has 3 aromatic carbocycles. The topological polar surface area (TPSA) is 95.1 Å². The van der Waals surface area contributed by atoms with Gasteiger partial charge in [-0.25, -0.2) is 8.42 Å². The summed E-state index contributed by atoms with van der Waals surface area (Å²) in [6.07, 6.45) is 1.50. The SMILES string of the molecule is CCC(=O)N1CCc2cc(S(=O)(=O)N3CCc4ccccc4C3CN3C(=O)c4ccccc4C3=O)ccc21. The van der Waals surface area contributed by atoms with Crippen LogP contribution in [0.15, 0.2) is 71.6 Å². The largest absolute Gasteiger partial charge is 0.312 e. The molecule has 8 nitrogen and oxygen atoms in total. The van der Waals surface area contributed by atoms with Crippen LogP contribution in [0.1, 0.15) is 56.8 Å². The first kappa shape index (κ1) is 24.5. The molecule has 3 aliphatic rings. The number of benzene rings is 3. The molecular weight excluding hydrogens is 502 g/mol. The second-order valence-corrected chi connectivity index (χ2v) is 11.7. The van der Waals surface area contributed by atoms with E-state index in [1.807, 2.05) is 31.2 Å². The number of rotatable bonds is 5. The van der Waals surface area contributed by atoms with E-state index in [1.54, 1.807) is 47.4 Å². The molecule has 9 heteroatoms. The van der Waals surface area contributed by atoms with Crippen molar-refractivity contribution in [1.82, 2.24) is 9.21 Å². The van der Waals surface area contributed by atoms with Gasteiger partial charge >= 0.3 is 0 Å². The highest BCUT2D eigenvalue weighted by atomic mass is 32.2. The Morgan fingerprint density at radius 2 is 1.53 bits per heavy atom. The molecule has 0 radical (unpaired) electrons. The summed E-state index contributed by atoms with van der Waals surface area (Å²) in [6.45, 7) is 2.49. The molecular formula is C29H27N3O5S. The molecule has 0 saturated heterocycles. The molecule has 0 fully saturated rings. The third-order valence-corrected chi connectivity index (χ3v) is 9.66. The number of hydrogen-bond donors (Lipinski definition) is 0. The Morgan fingerprint density at radius 1 is 0.868 bits per heavy atom. The van der Waals surface area contributed by atoms with E-state index in [1.165, 1.54) is 4.31 Å². The van der Waals surface area contributed by atoms with Gasteiger partial charge in [0.1, 0.15) is 0 Å². The molecule has 1 atom stereocenters. The van der Waals surface area contributed by atoms with Gasteiger partial charge in [0.15, 0.2) is 0 Å². The van der Waals surface area contributed by atoms with Crippen molar-refractivity contribution in [2.75, 3.05) is 24.5 Å². The van der Waals surface area contributed by atoms with Crippen LogP contribution in [-0.4, -0.2) is 55.0 Å². The van der Waals surface area contributed by atoms with Crippen molar-refractivity contribution in [3.8, 4) is 0 Å². The van der Waals surface area contributed by atoms with Crippen LogP contribution in [0, 0.1) is 0 Å². The number of imide groups is 1. The Morgan fingerprint density at radius 3 is 2.24 bits per heavy atom. The van der Waals surface area contributed by atoms with Gasteiger partial charge in [-0.05, 0) is 59.9 Å². The van der Waals surface area contributed by atoms with Crippen LogP contribution < -0.4 is 4.90 Å². The van der Waals surface area contributed by atoms with Crippen LogP contribution in [0.4, 0.5) is 5.69 Å². The fraction of sp³-hybridized carbons (Fsp3) is 0.276. The van der Waals surface area contributed by atoms with Crippen LogP contribution >= 0.6 is 0 Å². The lowest BCUT2D eigenvalue weighted by Crippen LogP contribution is -2.46. The third kappa shape index (κ3) is 3.76. The summed E-state index contributed by atoms with van der Waals surface area (Å²) in [6, 6.07) is 18.4. The number of sulfonamides is 1. The number of fused-ring (bicyclic) bond motifs is 3. The molecule has 0 saturated carbocycles. The summed E-state index contributed by atoms with van der Waals surface area (Å²) >= 11 is 0. The first-order valence-electron chi connectivity index (χ1n) is 12.8. The Hall–Kier alpha value is -3.82. The minimum absolute atomic E-state index is 0.00741. The zero-order valence-electron chi connectivity index (χ0n) is 21.0. The molecule has 3 aromatic rings. The predicted octanol–water partition coefficient (Wildman–Crippen LogP) is 3.57. The standard InChI is InChI=1S/C29H27N3O5S/c1-2-27(33)30-15-13-20-17-21(11-12-25(20)30)38(36,37)32-16-14-19-7-3-4-8-22(19)26(32)18-31-28(34)23-9-5-6-10-24(23)29(31)35/h3-12,17,26H,2,13-16,18H2,1H3. The van der Waals surface area contributed by atoms with E-state index in [0.717, 1.165) is 27.3 Å². The molecule has 3 amide bonds. The Bertz CT molecular complexity index is 1560. The molecule has 6 rings (SSSR count). The first-order chi connectivity index (χ1) is 18.3. The molecule has 0 aliphatic carbocycles. The maximum atomic E-state index is 14.1. The van der Waals surface area contributed by atoms with E-state index >= 15 is 0 Å². The predicted molar refractivity (Wildman–Crippen MR) is 141 cm³/mol. The summed E-state index contributed by atoms with van der Waals surface area (Å²) in [5.74, 6) is -0.818. The lowest BCUT2D eigenvalue weighted by Gasteiger charge is -2.38. The number of amides is 3. The minimum Gasteiger partial charge on any atom is -0.312 e. The normalized spacial score (nSPS) is 18.9. The molecule has 3 heterocycles. The van der Waals surface area contributed by atoms with Gasteiger partial charge in [0.05, 0.1) is 28.6 Å². The van der Waals surface area contributed by atoms with Gasteiger partial charge in [0, 0.05) is 25.2 Å². The van der Waals surface area contributed by atoms with Gasteiger partial charge < -0.3 is 4.90 Å². The van der Waals surface area contributed by atoms with E-state index in [4.69, 9.17) is 0 Å². The number of carbonyl (C=O) groups excluding carboxylic acids is 3. The van der Waals surface area contributed by atoms with E-state index < -0.39 is 27.9 Å².